The summed E-state index contributed by atoms with van der Waals surface area (Å²) in [6.45, 7) is 6.64. The lowest BCUT2D eigenvalue weighted by Gasteiger charge is -2.23. The third-order valence-electron chi connectivity index (χ3n) is 3.91. The summed E-state index contributed by atoms with van der Waals surface area (Å²) >= 11 is 3.36. The van der Waals surface area contributed by atoms with Crippen molar-refractivity contribution in [3.05, 3.63) is 59.4 Å². The normalized spacial score (nSPS) is 11.5. The Kier molecular flexibility index (Phi) is 5.04. The summed E-state index contributed by atoms with van der Waals surface area (Å²) in [6.07, 6.45) is 1.08. The second-order valence-corrected chi connectivity index (χ2v) is 6.31. The molecule has 2 aromatic rings. The molecule has 1 nitrogen and oxygen atoms in total. The molecule has 0 N–H and O–H groups in total. The van der Waals surface area contributed by atoms with Crippen molar-refractivity contribution >= 4 is 15.9 Å². The minimum absolute atomic E-state index is 0.162. The van der Waals surface area contributed by atoms with Crippen LogP contribution in [0.25, 0.3) is 0 Å². The number of halogens is 2. The van der Waals surface area contributed by atoms with Crippen LogP contribution in [-0.2, 0) is 10.7 Å². The average molecular weight is 351 g/mol. The summed E-state index contributed by atoms with van der Waals surface area (Å²) in [6, 6.07) is 12.7. The Morgan fingerprint density at radius 2 is 1.76 bits per heavy atom. The van der Waals surface area contributed by atoms with Gasteiger partial charge in [0.15, 0.2) is 0 Å². The highest BCUT2D eigenvalue weighted by Crippen LogP contribution is 2.31. The Bertz CT molecular complexity index is 605. The molecule has 2 rings (SSSR count). The van der Waals surface area contributed by atoms with Crippen LogP contribution in [-0.4, -0.2) is 0 Å². The van der Waals surface area contributed by atoms with E-state index in [0.717, 1.165) is 17.7 Å². The van der Waals surface area contributed by atoms with Crippen LogP contribution in [0.2, 0.25) is 0 Å². The van der Waals surface area contributed by atoms with Gasteiger partial charge in [-0.15, -0.1) is 0 Å². The number of alkyl halides is 1. The van der Waals surface area contributed by atoms with Crippen molar-refractivity contribution in [1.29, 1.82) is 0 Å². The summed E-state index contributed by atoms with van der Waals surface area (Å²) in [5, 5.41) is 0.557. The van der Waals surface area contributed by atoms with Gasteiger partial charge in [0, 0.05) is 10.9 Å². The molecule has 0 spiro atoms. The predicted octanol–water partition coefficient (Wildman–Crippen LogP) is 6.20. The fourth-order valence-corrected chi connectivity index (χ4v) is 2.50. The second kappa shape index (κ2) is 6.61. The molecule has 0 saturated heterocycles. The molecule has 0 saturated carbocycles. The van der Waals surface area contributed by atoms with E-state index in [1.807, 2.05) is 12.1 Å². The predicted molar refractivity (Wildman–Crippen MR) is 88.9 cm³/mol. The molecule has 0 unspecified atom stereocenters. The van der Waals surface area contributed by atoms with Crippen molar-refractivity contribution < 1.29 is 9.13 Å². The van der Waals surface area contributed by atoms with Gasteiger partial charge in [-0.1, -0.05) is 48.8 Å². The van der Waals surface area contributed by atoms with Crippen molar-refractivity contribution in [2.24, 2.45) is 0 Å². The van der Waals surface area contributed by atoms with Gasteiger partial charge in [0.2, 0.25) is 0 Å². The highest BCUT2D eigenvalue weighted by atomic mass is 79.9. The maximum absolute atomic E-state index is 13.2. The lowest BCUT2D eigenvalue weighted by atomic mass is 9.82. The Balaban J connectivity index is 2.21. The highest BCUT2D eigenvalue weighted by Gasteiger charge is 2.17. The van der Waals surface area contributed by atoms with Crippen LogP contribution in [0.5, 0.6) is 11.5 Å². The number of hydrogen-bond acceptors (Lipinski definition) is 1. The molecule has 0 aliphatic carbocycles. The topological polar surface area (TPSA) is 9.23 Å². The van der Waals surface area contributed by atoms with E-state index in [2.05, 4.69) is 48.8 Å². The van der Waals surface area contributed by atoms with Crippen LogP contribution in [0.1, 0.15) is 38.3 Å². The van der Waals surface area contributed by atoms with Crippen LogP contribution >= 0.6 is 15.9 Å². The van der Waals surface area contributed by atoms with Gasteiger partial charge in [-0.25, -0.2) is 4.39 Å². The Hall–Kier alpha value is -1.35. The zero-order valence-electron chi connectivity index (χ0n) is 12.6. The van der Waals surface area contributed by atoms with E-state index >= 15 is 0 Å². The van der Waals surface area contributed by atoms with E-state index in [1.54, 1.807) is 6.07 Å². The molecular weight excluding hydrogens is 331 g/mol. The largest absolute Gasteiger partial charge is 0.457 e. The van der Waals surface area contributed by atoms with Crippen LogP contribution in [0.15, 0.2) is 42.5 Å². The molecule has 0 amide bonds. The maximum Gasteiger partial charge on any atom is 0.131 e. The molecule has 112 valence electrons. The van der Waals surface area contributed by atoms with Crippen molar-refractivity contribution in [3.8, 4) is 11.5 Å². The molecular formula is C18H20BrFO. The van der Waals surface area contributed by atoms with Gasteiger partial charge in [-0.2, -0.15) is 0 Å². The van der Waals surface area contributed by atoms with Gasteiger partial charge in [0.25, 0.3) is 0 Å². The van der Waals surface area contributed by atoms with Gasteiger partial charge in [0.05, 0.1) is 0 Å². The van der Waals surface area contributed by atoms with Crippen LogP contribution in [0.4, 0.5) is 4.39 Å². The van der Waals surface area contributed by atoms with E-state index in [1.165, 1.54) is 17.7 Å². The number of ether oxygens (including phenoxy) is 1. The molecule has 2 aromatic carbocycles. The van der Waals surface area contributed by atoms with Crippen LogP contribution < -0.4 is 4.74 Å². The molecule has 0 radical (unpaired) electrons. The van der Waals surface area contributed by atoms with E-state index in [4.69, 9.17) is 4.74 Å². The zero-order valence-corrected chi connectivity index (χ0v) is 14.2. The van der Waals surface area contributed by atoms with Gasteiger partial charge < -0.3 is 4.74 Å². The molecule has 0 aliphatic rings. The Morgan fingerprint density at radius 1 is 1.10 bits per heavy atom. The average Bonchev–Trinajstić information content (AvgIpc) is 2.49. The van der Waals surface area contributed by atoms with Crippen LogP contribution in [0.3, 0.4) is 0 Å². The number of hydrogen-bond donors (Lipinski definition) is 0. The summed E-state index contributed by atoms with van der Waals surface area (Å²) in [5.74, 6) is 1.19. The van der Waals surface area contributed by atoms with E-state index < -0.39 is 0 Å². The minimum Gasteiger partial charge on any atom is -0.457 e. The molecule has 21 heavy (non-hydrogen) atoms. The first-order valence-electron chi connectivity index (χ1n) is 7.09. The lowest BCUT2D eigenvalue weighted by Crippen LogP contribution is -2.14. The molecule has 0 fully saturated rings. The number of rotatable bonds is 5. The summed E-state index contributed by atoms with van der Waals surface area (Å²) in [7, 11) is 0. The SMILES string of the molecule is CCC(C)(C)c1ccc(Oc2ccc(F)cc2CBr)cc1. The molecule has 0 heterocycles. The van der Waals surface area contributed by atoms with Crippen LogP contribution in [0, 0.1) is 5.82 Å². The summed E-state index contributed by atoms with van der Waals surface area (Å²) in [4.78, 5) is 0. The maximum atomic E-state index is 13.2. The minimum atomic E-state index is -0.253. The van der Waals surface area contributed by atoms with Crippen molar-refractivity contribution in [3.63, 3.8) is 0 Å². The standard InChI is InChI=1S/C18H20BrFO/c1-4-18(2,3)14-5-8-16(9-6-14)21-17-10-7-15(20)11-13(17)12-19/h5-11H,4,12H2,1-3H3. The lowest BCUT2D eigenvalue weighted by molar-refractivity contribution is 0.472. The molecule has 3 heteroatoms. The Labute approximate surface area is 134 Å². The number of benzene rings is 2. The van der Waals surface area contributed by atoms with Crippen molar-refractivity contribution in [2.75, 3.05) is 0 Å². The highest BCUT2D eigenvalue weighted by molar-refractivity contribution is 9.08. The monoisotopic (exact) mass is 350 g/mol. The molecule has 0 bridgehead atoms. The van der Waals surface area contributed by atoms with Gasteiger partial charge >= 0.3 is 0 Å². The van der Waals surface area contributed by atoms with Crippen molar-refractivity contribution in [1.82, 2.24) is 0 Å². The van der Waals surface area contributed by atoms with Gasteiger partial charge in [-0.3, -0.25) is 0 Å². The summed E-state index contributed by atoms with van der Waals surface area (Å²) in [5.41, 5.74) is 2.25. The zero-order chi connectivity index (χ0) is 15.5. The van der Waals surface area contributed by atoms with Gasteiger partial charge in [0.1, 0.15) is 17.3 Å². The first-order chi connectivity index (χ1) is 9.96. The third kappa shape index (κ3) is 3.85. The van der Waals surface area contributed by atoms with Crippen molar-refractivity contribution in [2.45, 2.75) is 37.9 Å². The molecule has 0 atom stereocenters. The Morgan fingerprint density at radius 3 is 2.33 bits per heavy atom. The van der Waals surface area contributed by atoms with E-state index in [0.29, 0.717) is 11.1 Å². The molecule has 0 aromatic heterocycles. The smallest absolute Gasteiger partial charge is 0.131 e. The van der Waals surface area contributed by atoms with E-state index in [9.17, 15) is 4.39 Å². The molecule has 0 aliphatic heterocycles. The van der Waals surface area contributed by atoms with Gasteiger partial charge in [-0.05, 0) is 47.7 Å². The summed E-state index contributed by atoms with van der Waals surface area (Å²) < 4.78 is 19.1. The first-order valence-corrected chi connectivity index (χ1v) is 8.21. The second-order valence-electron chi connectivity index (χ2n) is 5.75. The van der Waals surface area contributed by atoms with E-state index in [-0.39, 0.29) is 11.2 Å². The fourth-order valence-electron chi connectivity index (χ4n) is 2.06. The first kappa shape index (κ1) is 16.0. The fraction of sp³-hybridized carbons (Fsp3) is 0.333. The third-order valence-corrected chi connectivity index (χ3v) is 4.52. The quantitative estimate of drug-likeness (QED) is 0.583.